The van der Waals surface area contributed by atoms with Gasteiger partial charge in [-0.1, -0.05) is 13.3 Å². The number of halogens is 1. The van der Waals surface area contributed by atoms with Gasteiger partial charge in [-0.2, -0.15) is 0 Å². The number of ether oxygens (including phenoxy) is 1. The Labute approximate surface area is 133 Å². The van der Waals surface area contributed by atoms with E-state index in [1.165, 1.54) is 0 Å². The Hall–Kier alpha value is -1.26. The van der Waals surface area contributed by atoms with Crippen LogP contribution >= 0.6 is 12.4 Å². The molecule has 21 heavy (non-hydrogen) atoms. The minimum absolute atomic E-state index is 0. The van der Waals surface area contributed by atoms with Gasteiger partial charge in [0.25, 0.3) is 0 Å². The van der Waals surface area contributed by atoms with Gasteiger partial charge in [-0.05, 0) is 57.0 Å². The molecule has 1 aromatic carbocycles. The molecule has 4 nitrogen and oxygen atoms in total. The molecule has 1 aliphatic rings. The van der Waals surface area contributed by atoms with Crippen molar-refractivity contribution in [3.8, 4) is 5.75 Å². The summed E-state index contributed by atoms with van der Waals surface area (Å²) in [6.07, 6.45) is 4.38. The predicted molar refractivity (Wildman–Crippen MR) is 88.3 cm³/mol. The molecule has 1 aromatic rings. The van der Waals surface area contributed by atoms with Crippen LogP contribution < -0.4 is 15.4 Å². The number of piperidine rings is 1. The lowest BCUT2D eigenvalue weighted by Crippen LogP contribution is -2.43. The molecule has 1 aliphatic heterocycles. The van der Waals surface area contributed by atoms with Gasteiger partial charge in [-0.25, -0.2) is 0 Å². The quantitative estimate of drug-likeness (QED) is 0.876. The molecular formula is C16H25ClN2O2. The summed E-state index contributed by atoms with van der Waals surface area (Å²) in [6.45, 7) is 5.07. The third-order valence-corrected chi connectivity index (χ3v) is 3.66. The summed E-state index contributed by atoms with van der Waals surface area (Å²) in [5.74, 6) is 0.897. The summed E-state index contributed by atoms with van der Waals surface area (Å²) in [7, 11) is 0. The molecule has 2 N–H and O–H groups in total. The van der Waals surface area contributed by atoms with Crippen molar-refractivity contribution in [2.45, 2.75) is 51.7 Å². The molecule has 0 aliphatic carbocycles. The Balaban J connectivity index is 0.00000220. The van der Waals surface area contributed by atoms with E-state index in [2.05, 4.69) is 17.6 Å². The molecule has 1 heterocycles. The first kappa shape index (κ1) is 17.8. The fourth-order valence-corrected chi connectivity index (χ4v) is 2.24. The summed E-state index contributed by atoms with van der Waals surface area (Å²) >= 11 is 0. The van der Waals surface area contributed by atoms with Crippen LogP contribution in [0.2, 0.25) is 0 Å². The second kappa shape index (κ2) is 8.90. The van der Waals surface area contributed by atoms with Gasteiger partial charge in [0.15, 0.2) is 0 Å². The molecule has 1 fully saturated rings. The fraction of sp³-hybridized carbons (Fsp3) is 0.562. The second-order valence-electron chi connectivity index (χ2n) is 5.35. The molecule has 1 saturated heterocycles. The van der Waals surface area contributed by atoms with Gasteiger partial charge < -0.3 is 15.4 Å². The lowest BCUT2D eigenvalue weighted by Gasteiger charge is -2.22. The molecule has 2 unspecified atom stereocenters. The number of nitrogens with one attached hydrogen (secondary N) is 2. The minimum Gasteiger partial charge on any atom is -0.491 e. The van der Waals surface area contributed by atoms with Gasteiger partial charge in [0, 0.05) is 5.69 Å². The highest BCUT2D eigenvalue weighted by Crippen LogP contribution is 2.18. The average molecular weight is 313 g/mol. The third kappa shape index (κ3) is 5.56. The number of hydrogen-bond donors (Lipinski definition) is 2. The van der Waals surface area contributed by atoms with Crippen molar-refractivity contribution in [1.82, 2.24) is 5.32 Å². The van der Waals surface area contributed by atoms with Crippen molar-refractivity contribution in [2.75, 3.05) is 11.9 Å². The molecule has 0 aromatic heterocycles. The molecule has 118 valence electrons. The third-order valence-electron chi connectivity index (χ3n) is 3.66. The maximum Gasteiger partial charge on any atom is 0.241 e. The van der Waals surface area contributed by atoms with Crippen LogP contribution in [0.25, 0.3) is 0 Å². The van der Waals surface area contributed by atoms with E-state index in [1.54, 1.807) is 0 Å². The Bertz CT molecular complexity index is 430. The highest BCUT2D eigenvalue weighted by atomic mass is 35.5. The van der Waals surface area contributed by atoms with E-state index in [0.717, 1.165) is 43.7 Å². The number of anilines is 1. The fourth-order valence-electron chi connectivity index (χ4n) is 2.24. The molecule has 2 atom stereocenters. The lowest BCUT2D eigenvalue weighted by atomic mass is 10.0. The Morgan fingerprint density at radius 2 is 2.10 bits per heavy atom. The molecular weight excluding hydrogens is 288 g/mol. The van der Waals surface area contributed by atoms with E-state index in [-0.39, 0.29) is 30.5 Å². The summed E-state index contributed by atoms with van der Waals surface area (Å²) in [5, 5.41) is 6.20. The van der Waals surface area contributed by atoms with Crippen LogP contribution in [-0.2, 0) is 4.79 Å². The molecule has 1 amide bonds. The number of carbonyl (C=O) groups is 1. The molecule has 2 rings (SSSR count). The summed E-state index contributed by atoms with van der Waals surface area (Å²) in [4.78, 5) is 12.1. The van der Waals surface area contributed by atoms with Gasteiger partial charge in [0.05, 0.1) is 12.1 Å². The van der Waals surface area contributed by atoms with Crippen LogP contribution in [0.4, 0.5) is 5.69 Å². The van der Waals surface area contributed by atoms with E-state index in [4.69, 9.17) is 4.74 Å². The SMILES string of the molecule is CCC(C)Oc1ccc(NC(=O)C2CCCCN2)cc1.Cl. The summed E-state index contributed by atoms with van der Waals surface area (Å²) in [5.41, 5.74) is 0.818. The topological polar surface area (TPSA) is 50.4 Å². The maximum atomic E-state index is 12.1. The molecule has 0 saturated carbocycles. The number of carbonyl (C=O) groups excluding carboxylic acids is 1. The first-order valence-electron chi connectivity index (χ1n) is 7.50. The van der Waals surface area contributed by atoms with Gasteiger partial charge in [0.1, 0.15) is 5.75 Å². The lowest BCUT2D eigenvalue weighted by molar-refractivity contribution is -0.118. The normalized spacial score (nSPS) is 19.2. The van der Waals surface area contributed by atoms with Crippen LogP contribution in [-0.4, -0.2) is 24.6 Å². The zero-order chi connectivity index (χ0) is 14.4. The van der Waals surface area contributed by atoms with Gasteiger partial charge in [0.2, 0.25) is 5.91 Å². The summed E-state index contributed by atoms with van der Waals surface area (Å²) in [6, 6.07) is 7.52. The maximum absolute atomic E-state index is 12.1. The van der Waals surface area contributed by atoms with Crippen LogP contribution in [0.1, 0.15) is 39.5 Å². The molecule has 0 spiro atoms. The zero-order valence-electron chi connectivity index (χ0n) is 12.7. The average Bonchev–Trinajstić information content (AvgIpc) is 2.50. The van der Waals surface area contributed by atoms with Crippen LogP contribution in [0.3, 0.4) is 0 Å². The highest BCUT2D eigenvalue weighted by Gasteiger charge is 2.20. The van der Waals surface area contributed by atoms with Crippen molar-refractivity contribution in [1.29, 1.82) is 0 Å². The van der Waals surface area contributed by atoms with E-state index in [0.29, 0.717) is 0 Å². The first-order chi connectivity index (χ1) is 9.69. The van der Waals surface area contributed by atoms with Crippen molar-refractivity contribution in [3.63, 3.8) is 0 Å². The smallest absolute Gasteiger partial charge is 0.241 e. The standard InChI is InChI=1S/C16H24N2O2.ClH/c1-3-12(2)20-14-9-7-13(8-10-14)18-16(19)15-6-4-5-11-17-15;/h7-10,12,15,17H,3-6,11H2,1-2H3,(H,18,19);1H. The number of amides is 1. The molecule has 0 bridgehead atoms. The van der Waals surface area contributed by atoms with Crippen LogP contribution in [0.15, 0.2) is 24.3 Å². The van der Waals surface area contributed by atoms with Crippen molar-refractivity contribution in [3.05, 3.63) is 24.3 Å². The van der Waals surface area contributed by atoms with E-state index >= 15 is 0 Å². The van der Waals surface area contributed by atoms with Gasteiger partial charge >= 0.3 is 0 Å². The van der Waals surface area contributed by atoms with E-state index in [9.17, 15) is 4.79 Å². The number of benzene rings is 1. The Kier molecular flexibility index (Phi) is 7.54. The van der Waals surface area contributed by atoms with E-state index in [1.807, 2.05) is 31.2 Å². The number of rotatable bonds is 5. The monoisotopic (exact) mass is 312 g/mol. The van der Waals surface area contributed by atoms with Crippen molar-refractivity contribution >= 4 is 24.0 Å². The van der Waals surface area contributed by atoms with Gasteiger partial charge in [-0.15, -0.1) is 12.4 Å². The Morgan fingerprint density at radius 1 is 1.38 bits per heavy atom. The highest BCUT2D eigenvalue weighted by molar-refractivity contribution is 5.94. The van der Waals surface area contributed by atoms with Crippen LogP contribution in [0, 0.1) is 0 Å². The summed E-state index contributed by atoms with van der Waals surface area (Å²) < 4.78 is 5.71. The van der Waals surface area contributed by atoms with Crippen LogP contribution in [0.5, 0.6) is 5.75 Å². The molecule has 0 radical (unpaired) electrons. The van der Waals surface area contributed by atoms with E-state index < -0.39 is 0 Å². The first-order valence-corrected chi connectivity index (χ1v) is 7.50. The largest absolute Gasteiger partial charge is 0.491 e. The zero-order valence-corrected chi connectivity index (χ0v) is 13.5. The Morgan fingerprint density at radius 3 is 2.67 bits per heavy atom. The van der Waals surface area contributed by atoms with Crippen molar-refractivity contribution in [2.24, 2.45) is 0 Å². The van der Waals surface area contributed by atoms with Gasteiger partial charge in [-0.3, -0.25) is 4.79 Å². The molecule has 5 heteroatoms. The second-order valence-corrected chi connectivity index (χ2v) is 5.35. The minimum atomic E-state index is -0.0557. The number of hydrogen-bond acceptors (Lipinski definition) is 3. The predicted octanol–water partition coefficient (Wildman–Crippen LogP) is 3.37. The van der Waals surface area contributed by atoms with Crippen molar-refractivity contribution < 1.29 is 9.53 Å².